The predicted molar refractivity (Wildman–Crippen MR) is 97.8 cm³/mol. The van der Waals surface area contributed by atoms with Crippen molar-refractivity contribution in [2.45, 2.75) is 12.2 Å². The number of nitrogens with two attached hydrogens (primary N) is 1. The zero-order valence-electron chi connectivity index (χ0n) is 14.8. The minimum absolute atomic E-state index is 0.0275. The lowest BCUT2D eigenvalue weighted by Crippen LogP contribution is -2.41. The van der Waals surface area contributed by atoms with Gasteiger partial charge in [-0.1, -0.05) is 11.2 Å². The van der Waals surface area contributed by atoms with Gasteiger partial charge in [0.2, 0.25) is 0 Å². The van der Waals surface area contributed by atoms with Gasteiger partial charge in [-0.3, -0.25) is 14.7 Å². The van der Waals surface area contributed by atoms with Crippen molar-refractivity contribution in [3.05, 3.63) is 65.7 Å². The van der Waals surface area contributed by atoms with Gasteiger partial charge in [0.05, 0.1) is 5.69 Å². The fourth-order valence-electron chi connectivity index (χ4n) is 3.28. The second kappa shape index (κ2) is 6.45. The number of carbonyl (C=O) groups is 1. The molecule has 3 N–H and O–H groups in total. The number of likely N-dealkylation sites (N-methyl/N-ethyl adjacent to an activating group) is 1. The van der Waals surface area contributed by atoms with Crippen molar-refractivity contribution in [2.75, 3.05) is 7.05 Å². The molecule has 1 aliphatic heterocycles. The quantitative estimate of drug-likeness (QED) is 0.713. The van der Waals surface area contributed by atoms with Crippen LogP contribution < -0.4 is 5.73 Å². The van der Waals surface area contributed by atoms with Crippen LogP contribution in [0.1, 0.15) is 16.8 Å². The third kappa shape index (κ3) is 2.51. The highest BCUT2D eigenvalue weighted by molar-refractivity contribution is 6.09. The monoisotopic (exact) mass is 381 g/mol. The van der Waals surface area contributed by atoms with E-state index in [0.717, 1.165) is 0 Å². The summed E-state index contributed by atoms with van der Waals surface area (Å²) in [5.74, 6) is -0.416. The number of rotatable bonds is 4. The molecule has 0 saturated carbocycles. The highest BCUT2D eigenvalue weighted by atomic mass is 19.1. The Kier molecular flexibility index (Phi) is 4.07. The number of guanidine groups is 1. The summed E-state index contributed by atoms with van der Waals surface area (Å²) in [5.41, 5.74) is 6.20. The first kappa shape index (κ1) is 17.7. The van der Waals surface area contributed by atoms with Crippen LogP contribution in [0, 0.1) is 0 Å². The Morgan fingerprint density at radius 2 is 2.04 bits per heavy atom. The molecule has 3 aromatic rings. The minimum Gasteiger partial charge on any atom is -0.507 e. The van der Waals surface area contributed by atoms with Gasteiger partial charge in [-0.15, -0.1) is 0 Å². The molecular formula is C19H16FN5O3. The molecule has 0 spiro atoms. The number of aliphatic imine (C=N–C) groups is 1. The number of benzene rings is 1. The molecule has 0 bridgehead atoms. The molecule has 1 aromatic carbocycles. The number of aromatic hydroxyl groups is 1. The summed E-state index contributed by atoms with van der Waals surface area (Å²) in [5, 5.41) is 14.1. The topological polar surface area (TPSA) is 118 Å². The smallest absolute Gasteiger partial charge is 0.266 e. The van der Waals surface area contributed by atoms with E-state index in [9.17, 15) is 14.3 Å². The number of alkyl halides is 1. The highest BCUT2D eigenvalue weighted by Crippen LogP contribution is 2.42. The standard InChI is InChI=1S/C19H16FN5O3/c1-25-17(27)19(23-18(25)21,12-4-6-22-13(8-12)10-20)11-2-3-16(26)14(9-11)15-5-7-28-24-15/h2-9,26H,10H2,1H3,(H2,21,23). The maximum atomic E-state index is 13.2. The van der Waals surface area contributed by atoms with Crippen LogP contribution in [0.2, 0.25) is 0 Å². The van der Waals surface area contributed by atoms with Crippen molar-refractivity contribution in [3.8, 4) is 17.0 Å². The van der Waals surface area contributed by atoms with Crippen LogP contribution in [0.5, 0.6) is 5.75 Å². The van der Waals surface area contributed by atoms with Crippen molar-refractivity contribution in [2.24, 2.45) is 10.7 Å². The number of hydrogen-bond acceptors (Lipinski definition) is 7. The van der Waals surface area contributed by atoms with Crippen LogP contribution in [0.25, 0.3) is 11.3 Å². The second-order valence-corrected chi connectivity index (χ2v) is 6.33. The second-order valence-electron chi connectivity index (χ2n) is 6.33. The zero-order chi connectivity index (χ0) is 19.9. The number of aromatic nitrogens is 2. The first-order valence-electron chi connectivity index (χ1n) is 8.36. The van der Waals surface area contributed by atoms with Crippen LogP contribution in [0.3, 0.4) is 0 Å². The maximum absolute atomic E-state index is 13.2. The molecule has 8 nitrogen and oxygen atoms in total. The van der Waals surface area contributed by atoms with Crippen LogP contribution in [-0.2, 0) is 17.0 Å². The molecule has 0 radical (unpaired) electrons. The van der Waals surface area contributed by atoms with Gasteiger partial charge >= 0.3 is 0 Å². The number of amides is 1. The molecule has 0 aliphatic carbocycles. The predicted octanol–water partition coefficient (Wildman–Crippen LogP) is 1.94. The van der Waals surface area contributed by atoms with Gasteiger partial charge in [0.15, 0.2) is 11.5 Å². The fraction of sp³-hybridized carbons (Fsp3) is 0.158. The summed E-state index contributed by atoms with van der Waals surface area (Å²) >= 11 is 0. The highest BCUT2D eigenvalue weighted by Gasteiger charge is 2.50. The first-order valence-corrected chi connectivity index (χ1v) is 8.36. The molecule has 1 aliphatic rings. The average molecular weight is 381 g/mol. The summed E-state index contributed by atoms with van der Waals surface area (Å²) in [6, 6.07) is 9.26. The van der Waals surface area contributed by atoms with Crippen molar-refractivity contribution >= 4 is 11.9 Å². The van der Waals surface area contributed by atoms with E-state index in [1.807, 2.05) is 0 Å². The van der Waals surface area contributed by atoms with E-state index in [1.54, 1.807) is 24.3 Å². The van der Waals surface area contributed by atoms with Crippen LogP contribution in [-0.4, -0.2) is 39.1 Å². The summed E-state index contributed by atoms with van der Waals surface area (Å²) in [6.45, 7) is -0.785. The zero-order valence-corrected chi connectivity index (χ0v) is 14.8. The normalized spacial score (nSPS) is 19.1. The Bertz CT molecular complexity index is 1080. The van der Waals surface area contributed by atoms with E-state index < -0.39 is 18.1 Å². The van der Waals surface area contributed by atoms with Gasteiger partial charge in [0.1, 0.15) is 24.4 Å². The molecule has 0 saturated heterocycles. The van der Waals surface area contributed by atoms with E-state index in [0.29, 0.717) is 22.4 Å². The third-order valence-corrected chi connectivity index (χ3v) is 4.74. The average Bonchev–Trinajstić information content (AvgIpc) is 3.32. The van der Waals surface area contributed by atoms with Crippen molar-refractivity contribution in [1.29, 1.82) is 0 Å². The summed E-state index contributed by atoms with van der Waals surface area (Å²) in [7, 11) is 1.51. The van der Waals surface area contributed by atoms with E-state index >= 15 is 0 Å². The molecule has 1 unspecified atom stereocenters. The third-order valence-electron chi connectivity index (χ3n) is 4.74. The number of pyridine rings is 1. The van der Waals surface area contributed by atoms with E-state index in [2.05, 4.69) is 15.1 Å². The molecule has 9 heteroatoms. The number of hydrogen-bond donors (Lipinski definition) is 2. The summed E-state index contributed by atoms with van der Waals surface area (Å²) in [6.07, 6.45) is 2.79. The van der Waals surface area contributed by atoms with Crippen molar-refractivity contribution in [3.63, 3.8) is 0 Å². The lowest BCUT2D eigenvalue weighted by atomic mass is 9.82. The molecule has 1 atom stereocenters. The van der Waals surface area contributed by atoms with Crippen LogP contribution >= 0.6 is 0 Å². The van der Waals surface area contributed by atoms with Crippen molar-refractivity contribution in [1.82, 2.24) is 15.0 Å². The number of carbonyl (C=O) groups excluding carboxylic acids is 1. The molecule has 28 heavy (non-hydrogen) atoms. The lowest BCUT2D eigenvalue weighted by Gasteiger charge is -2.26. The van der Waals surface area contributed by atoms with Gasteiger partial charge in [-0.25, -0.2) is 9.38 Å². The molecule has 4 rings (SSSR count). The Hall–Kier alpha value is -3.75. The van der Waals surface area contributed by atoms with Crippen LogP contribution in [0.15, 0.2) is 58.4 Å². The minimum atomic E-state index is -1.53. The fourth-order valence-corrected chi connectivity index (χ4v) is 3.28. The molecule has 3 heterocycles. The Balaban J connectivity index is 1.98. The molecule has 1 amide bonds. The van der Waals surface area contributed by atoms with E-state index in [-0.39, 0.29) is 17.4 Å². The maximum Gasteiger partial charge on any atom is 0.266 e. The molecule has 0 fully saturated rings. The van der Waals surface area contributed by atoms with Gasteiger partial charge in [-0.2, -0.15) is 0 Å². The largest absolute Gasteiger partial charge is 0.507 e. The summed E-state index contributed by atoms with van der Waals surface area (Å²) in [4.78, 5) is 22.9. The van der Waals surface area contributed by atoms with Crippen molar-refractivity contribution < 1.29 is 18.8 Å². The van der Waals surface area contributed by atoms with E-state index in [1.165, 1.54) is 36.5 Å². The summed E-state index contributed by atoms with van der Waals surface area (Å²) < 4.78 is 18.1. The van der Waals surface area contributed by atoms with Gasteiger partial charge < -0.3 is 15.4 Å². The number of phenolic OH excluding ortho intramolecular Hbond substituents is 1. The van der Waals surface area contributed by atoms with E-state index in [4.69, 9.17) is 10.3 Å². The molecular weight excluding hydrogens is 365 g/mol. The molecule has 2 aromatic heterocycles. The van der Waals surface area contributed by atoms with Gasteiger partial charge in [0.25, 0.3) is 5.91 Å². The Morgan fingerprint density at radius 1 is 1.25 bits per heavy atom. The SMILES string of the molecule is CN1C(=O)C(c2ccnc(CF)c2)(c2ccc(O)c(-c3ccon3)c2)N=C1N. The number of halogens is 1. The number of phenols is 1. The Morgan fingerprint density at radius 3 is 2.68 bits per heavy atom. The first-order chi connectivity index (χ1) is 13.5. The van der Waals surface area contributed by atoms with Crippen LogP contribution in [0.4, 0.5) is 4.39 Å². The van der Waals surface area contributed by atoms with Gasteiger partial charge in [-0.05, 0) is 35.4 Å². The Labute approximate surface area is 159 Å². The van der Waals surface area contributed by atoms with Gasteiger partial charge in [0, 0.05) is 24.9 Å². The number of nitrogens with zero attached hydrogens (tertiary/aromatic N) is 4. The lowest BCUT2D eigenvalue weighted by molar-refractivity contribution is -0.129. The molecule has 142 valence electrons.